The van der Waals surface area contributed by atoms with E-state index in [0.717, 1.165) is 38.8 Å². The first kappa shape index (κ1) is 15.4. The summed E-state index contributed by atoms with van der Waals surface area (Å²) in [6, 6.07) is 4.61. The predicted octanol–water partition coefficient (Wildman–Crippen LogP) is 4.63. The second kappa shape index (κ2) is 7.72. The number of halogens is 2. The van der Waals surface area contributed by atoms with Gasteiger partial charge in [-0.25, -0.2) is 8.78 Å². The zero-order valence-electron chi connectivity index (χ0n) is 12.3. The molecule has 1 aliphatic carbocycles. The molecule has 1 fully saturated rings. The van der Waals surface area contributed by atoms with Crippen molar-refractivity contribution in [1.29, 1.82) is 0 Å². The van der Waals surface area contributed by atoms with Gasteiger partial charge in [-0.05, 0) is 55.8 Å². The van der Waals surface area contributed by atoms with Crippen molar-refractivity contribution < 1.29 is 8.78 Å². The highest BCUT2D eigenvalue weighted by Crippen LogP contribution is 2.37. The van der Waals surface area contributed by atoms with E-state index in [0.29, 0.717) is 11.5 Å². The molecule has 1 aliphatic rings. The van der Waals surface area contributed by atoms with Crippen molar-refractivity contribution in [2.24, 2.45) is 5.92 Å². The van der Waals surface area contributed by atoms with Crippen LogP contribution in [0.4, 0.5) is 8.78 Å². The summed E-state index contributed by atoms with van der Waals surface area (Å²) in [5.74, 6) is -0.787. The number of hydrogen-bond acceptors (Lipinski definition) is 1. The van der Waals surface area contributed by atoms with Crippen molar-refractivity contribution in [3.63, 3.8) is 0 Å². The minimum Gasteiger partial charge on any atom is -0.316 e. The maximum absolute atomic E-state index is 14.1. The Morgan fingerprint density at radius 1 is 1.15 bits per heavy atom. The summed E-state index contributed by atoms with van der Waals surface area (Å²) < 4.78 is 27.6. The van der Waals surface area contributed by atoms with E-state index in [2.05, 4.69) is 12.2 Å². The fraction of sp³-hybridized carbons (Fsp3) is 0.647. The van der Waals surface area contributed by atoms with Gasteiger partial charge in [-0.15, -0.1) is 0 Å². The van der Waals surface area contributed by atoms with Crippen molar-refractivity contribution in [1.82, 2.24) is 5.32 Å². The fourth-order valence-corrected chi connectivity index (χ4v) is 3.31. The smallest absolute Gasteiger partial charge is 0.162 e. The standard InChI is InChI=1S/C17H25F2N/c1-2-11-20-12-13-7-4-3-5-8-14(13)15-9-6-10-16(18)17(15)19/h6,9-10,13-14,20H,2-5,7-8,11-12H2,1H3. The van der Waals surface area contributed by atoms with E-state index in [4.69, 9.17) is 0 Å². The lowest BCUT2D eigenvalue weighted by molar-refractivity contribution is 0.362. The third kappa shape index (κ3) is 3.78. The molecule has 0 aromatic heterocycles. The van der Waals surface area contributed by atoms with E-state index in [1.165, 1.54) is 18.9 Å². The Morgan fingerprint density at radius 2 is 1.95 bits per heavy atom. The molecule has 0 heterocycles. The van der Waals surface area contributed by atoms with Gasteiger partial charge in [0.1, 0.15) is 0 Å². The van der Waals surface area contributed by atoms with Gasteiger partial charge in [-0.3, -0.25) is 0 Å². The summed E-state index contributed by atoms with van der Waals surface area (Å²) in [4.78, 5) is 0. The van der Waals surface area contributed by atoms with E-state index in [-0.39, 0.29) is 5.92 Å². The molecule has 0 bridgehead atoms. The zero-order valence-corrected chi connectivity index (χ0v) is 12.3. The minimum absolute atomic E-state index is 0.151. The van der Waals surface area contributed by atoms with Crippen molar-refractivity contribution in [2.75, 3.05) is 13.1 Å². The van der Waals surface area contributed by atoms with Crippen LogP contribution in [0.2, 0.25) is 0 Å². The highest BCUT2D eigenvalue weighted by atomic mass is 19.2. The third-order valence-corrected chi connectivity index (χ3v) is 4.37. The van der Waals surface area contributed by atoms with Crippen LogP contribution < -0.4 is 5.32 Å². The Kier molecular flexibility index (Phi) is 5.96. The van der Waals surface area contributed by atoms with Crippen LogP contribution in [0.3, 0.4) is 0 Å². The lowest BCUT2D eigenvalue weighted by atomic mass is 9.82. The molecular weight excluding hydrogens is 256 g/mol. The van der Waals surface area contributed by atoms with Gasteiger partial charge in [-0.1, -0.05) is 38.3 Å². The van der Waals surface area contributed by atoms with Gasteiger partial charge in [0.25, 0.3) is 0 Å². The van der Waals surface area contributed by atoms with Crippen LogP contribution in [0.15, 0.2) is 18.2 Å². The van der Waals surface area contributed by atoms with E-state index < -0.39 is 11.6 Å². The second-order valence-electron chi connectivity index (χ2n) is 5.85. The first-order chi connectivity index (χ1) is 9.74. The van der Waals surface area contributed by atoms with Gasteiger partial charge >= 0.3 is 0 Å². The predicted molar refractivity (Wildman–Crippen MR) is 78.8 cm³/mol. The fourth-order valence-electron chi connectivity index (χ4n) is 3.31. The van der Waals surface area contributed by atoms with Crippen LogP contribution >= 0.6 is 0 Å². The van der Waals surface area contributed by atoms with Crippen molar-refractivity contribution in [3.05, 3.63) is 35.4 Å². The largest absolute Gasteiger partial charge is 0.316 e. The Labute approximate surface area is 120 Å². The average molecular weight is 281 g/mol. The van der Waals surface area contributed by atoms with Crippen LogP contribution in [0.5, 0.6) is 0 Å². The number of nitrogens with one attached hydrogen (secondary N) is 1. The molecule has 2 atom stereocenters. The molecule has 0 saturated heterocycles. The minimum atomic E-state index is -0.716. The summed E-state index contributed by atoms with van der Waals surface area (Å²) in [5, 5.41) is 3.45. The Hall–Kier alpha value is -0.960. The summed E-state index contributed by atoms with van der Waals surface area (Å²) in [5.41, 5.74) is 0.579. The molecule has 3 heteroatoms. The maximum atomic E-state index is 14.1. The highest BCUT2D eigenvalue weighted by Gasteiger charge is 2.27. The number of rotatable bonds is 5. The molecule has 1 N–H and O–H groups in total. The number of benzene rings is 1. The molecule has 112 valence electrons. The van der Waals surface area contributed by atoms with Crippen molar-refractivity contribution in [3.8, 4) is 0 Å². The Balaban J connectivity index is 2.16. The van der Waals surface area contributed by atoms with E-state index in [1.807, 2.05) is 0 Å². The van der Waals surface area contributed by atoms with Crippen LogP contribution in [0.25, 0.3) is 0 Å². The van der Waals surface area contributed by atoms with Crippen LogP contribution in [-0.2, 0) is 0 Å². The van der Waals surface area contributed by atoms with E-state index in [9.17, 15) is 8.78 Å². The molecule has 0 amide bonds. The van der Waals surface area contributed by atoms with Gasteiger partial charge < -0.3 is 5.32 Å². The van der Waals surface area contributed by atoms with E-state index >= 15 is 0 Å². The lowest BCUT2D eigenvalue weighted by Crippen LogP contribution is -2.28. The summed E-state index contributed by atoms with van der Waals surface area (Å²) in [6.45, 7) is 4.05. The topological polar surface area (TPSA) is 12.0 Å². The summed E-state index contributed by atoms with van der Waals surface area (Å²) in [6.07, 6.45) is 6.70. The SMILES string of the molecule is CCCNCC1CCCCCC1c1cccc(F)c1F. The Bertz CT molecular complexity index is 419. The molecule has 2 rings (SSSR count). The van der Waals surface area contributed by atoms with Crippen molar-refractivity contribution >= 4 is 0 Å². The molecule has 1 nitrogen and oxygen atoms in total. The average Bonchev–Trinajstić information content (AvgIpc) is 2.68. The summed E-state index contributed by atoms with van der Waals surface area (Å²) in [7, 11) is 0. The second-order valence-corrected chi connectivity index (χ2v) is 5.85. The molecule has 0 radical (unpaired) electrons. The van der Waals surface area contributed by atoms with Crippen LogP contribution in [0.1, 0.15) is 56.9 Å². The van der Waals surface area contributed by atoms with Gasteiger partial charge in [0.05, 0.1) is 0 Å². The van der Waals surface area contributed by atoms with Crippen LogP contribution in [-0.4, -0.2) is 13.1 Å². The normalized spacial score (nSPS) is 23.6. The first-order valence-electron chi connectivity index (χ1n) is 7.88. The maximum Gasteiger partial charge on any atom is 0.162 e. The van der Waals surface area contributed by atoms with Gasteiger partial charge in [0.15, 0.2) is 11.6 Å². The zero-order chi connectivity index (χ0) is 14.4. The molecule has 0 aliphatic heterocycles. The third-order valence-electron chi connectivity index (χ3n) is 4.37. The molecule has 0 spiro atoms. The summed E-state index contributed by atoms with van der Waals surface area (Å²) >= 11 is 0. The van der Waals surface area contributed by atoms with Gasteiger partial charge in [-0.2, -0.15) is 0 Å². The molecule has 1 aromatic carbocycles. The first-order valence-corrected chi connectivity index (χ1v) is 7.88. The van der Waals surface area contributed by atoms with Crippen molar-refractivity contribution in [2.45, 2.75) is 51.4 Å². The van der Waals surface area contributed by atoms with Crippen LogP contribution in [0, 0.1) is 17.6 Å². The van der Waals surface area contributed by atoms with E-state index in [1.54, 1.807) is 12.1 Å². The molecule has 20 heavy (non-hydrogen) atoms. The van der Waals surface area contributed by atoms with Gasteiger partial charge in [0, 0.05) is 0 Å². The Morgan fingerprint density at radius 3 is 2.75 bits per heavy atom. The van der Waals surface area contributed by atoms with Gasteiger partial charge in [0.2, 0.25) is 0 Å². The molecule has 1 aromatic rings. The monoisotopic (exact) mass is 281 g/mol. The molecular formula is C17H25F2N. The lowest BCUT2D eigenvalue weighted by Gasteiger charge is -2.26. The molecule has 2 unspecified atom stereocenters. The number of hydrogen-bond donors (Lipinski definition) is 1. The quantitative estimate of drug-likeness (QED) is 0.613. The highest BCUT2D eigenvalue weighted by molar-refractivity contribution is 5.24. The molecule has 1 saturated carbocycles.